The number of alkyl carbamates (subject to hydrolysis) is 1. The number of aliphatic hydroxyl groups excluding tert-OH is 1. The number of nitrogens with zero attached hydrogens (tertiary/aromatic N) is 3. The number of carbonyl (C=O) groups is 1. The maximum atomic E-state index is 12.5. The van der Waals surface area contributed by atoms with E-state index >= 15 is 0 Å². The number of nitro groups is 1. The summed E-state index contributed by atoms with van der Waals surface area (Å²) in [5, 5.41) is 33.4. The van der Waals surface area contributed by atoms with Crippen LogP contribution in [-0.4, -0.2) is 58.9 Å². The molecule has 0 bridgehead atoms. The number of aromatic nitrogens is 2. The van der Waals surface area contributed by atoms with Crippen LogP contribution in [0.2, 0.25) is 0 Å². The van der Waals surface area contributed by atoms with Crippen LogP contribution in [-0.2, 0) is 9.26 Å². The van der Waals surface area contributed by atoms with Gasteiger partial charge in [0.05, 0.1) is 28.7 Å². The summed E-state index contributed by atoms with van der Waals surface area (Å²) < 4.78 is 16.0. The number of anilines is 2. The molecule has 5 N–H and O–H groups in total. The molecule has 0 fully saturated rings. The molecule has 0 aliphatic heterocycles. The average Bonchev–Trinajstić information content (AvgIpc) is 3.37. The molecule has 14 heteroatoms. The minimum Gasteiger partial charge on any atom is -0.512 e. The van der Waals surface area contributed by atoms with Gasteiger partial charge in [-0.1, -0.05) is 61.5 Å². The van der Waals surface area contributed by atoms with Crippen LogP contribution in [0.4, 0.5) is 16.2 Å². The Balaban J connectivity index is 0.000000613. The molecule has 48 heavy (non-hydrogen) atoms. The summed E-state index contributed by atoms with van der Waals surface area (Å²) in [4.78, 5) is 22.2. The number of hydrogen-bond donors (Lipinski definition) is 4. The van der Waals surface area contributed by atoms with Crippen molar-refractivity contribution in [2.75, 3.05) is 43.5 Å². The summed E-state index contributed by atoms with van der Waals surface area (Å²) in [6.07, 6.45) is 8.35. The SMILES string of the molecule is CCOPCC(C)(C)CC(C)(C)COC(=O)NCC(C)(C)CC(C)(C)CNc1ccc(N)c2nonc12.O=[N+]([O-])C1=CC=C(O)CC=C1. The first-order valence-corrected chi connectivity index (χ1v) is 17.3. The van der Waals surface area contributed by atoms with E-state index in [1.165, 1.54) is 18.2 Å². The Labute approximate surface area is 286 Å². The molecular formula is C34H55N6O7P. The zero-order valence-electron chi connectivity index (χ0n) is 29.9. The van der Waals surface area contributed by atoms with E-state index in [9.17, 15) is 14.9 Å². The summed E-state index contributed by atoms with van der Waals surface area (Å²) in [6.45, 7) is 21.9. The van der Waals surface area contributed by atoms with Crippen molar-refractivity contribution in [3.8, 4) is 0 Å². The average molecular weight is 691 g/mol. The molecule has 1 aliphatic rings. The van der Waals surface area contributed by atoms with Gasteiger partial charge in [-0.25, -0.2) is 9.42 Å². The van der Waals surface area contributed by atoms with Crippen molar-refractivity contribution in [1.29, 1.82) is 0 Å². The number of amides is 1. The molecule has 1 aliphatic carbocycles. The second-order valence-electron chi connectivity index (χ2n) is 15.3. The highest BCUT2D eigenvalue weighted by molar-refractivity contribution is 7.32. The normalized spacial score (nSPS) is 14.2. The van der Waals surface area contributed by atoms with Gasteiger partial charge in [0.2, 0.25) is 0 Å². The molecule has 1 aromatic heterocycles. The maximum Gasteiger partial charge on any atom is 0.407 e. The third-order valence-corrected chi connectivity index (χ3v) is 9.09. The fourth-order valence-corrected chi connectivity index (χ4v) is 6.71. The van der Waals surface area contributed by atoms with Crippen LogP contribution >= 0.6 is 8.81 Å². The number of rotatable bonds is 16. The Bertz CT molecular complexity index is 1460. The number of benzene rings is 1. The molecular weight excluding hydrogens is 635 g/mol. The lowest BCUT2D eigenvalue weighted by atomic mass is 9.75. The van der Waals surface area contributed by atoms with Crippen molar-refractivity contribution in [2.45, 2.75) is 81.6 Å². The van der Waals surface area contributed by atoms with E-state index in [1.807, 2.05) is 13.0 Å². The largest absolute Gasteiger partial charge is 0.512 e. The van der Waals surface area contributed by atoms with E-state index in [4.69, 9.17) is 24.7 Å². The van der Waals surface area contributed by atoms with Crippen molar-refractivity contribution in [3.05, 3.63) is 58.0 Å². The smallest absolute Gasteiger partial charge is 0.407 e. The van der Waals surface area contributed by atoms with Crippen LogP contribution in [0.5, 0.6) is 0 Å². The van der Waals surface area contributed by atoms with Crippen LogP contribution < -0.4 is 16.4 Å². The molecule has 3 rings (SSSR count). The highest BCUT2D eigenvalue weighted by Gasteiger charge is 2.32. The van der Waals surface area contributed by atoms with E-state index in [0.717, 1.165) is 31.3 Å². The number of hydrogen-bond acceptors (Lipinski definition) is 11. The van der Waals surface area contributed by atoms with Gasteiger partial charge >= 0.3 is 6.09 Å². The standard InChI is InChI=1S/C27H48N5O4P.C7H7NO3/c1-10-35-37-18-27(8,9)14-26(6,7)17-34-23(33)30-16-25(4,5)13-24(2,3)15-29-20-12-11-19(28)21-22(20)32-36-31-21;9-7-3-1-2-6(4-5-7)8(10)11/h11-12,29,37H,10,13-18,28H2,1-9H3,(H,30,33);1-2,4-5,9H,3H2. The van der Waals surface area contributed by atoms with E-state index in [1.54, 1.807) is 12.1 Å². The first kappa shape index (κ1) is 40.5. The molecule has 2 aromatic rings. The van der Waals surface area contributed by atoms with Crippen molar-refractivity contribution in [2.24, 2.45) is 21.7 Å². The number of nitrogens with one attached hydrogen (secondary N) is 2. The lowest BCUT2D eigenvalue weighted by molar-refractivity contribution is -0.419. The van der Waals surface area contributed by atoms with E-state index in [2.05, 4.69) is 76.3 Å². The second-order valence-corrected chi connectivity index (χ2v) is 16.3. The maximum absolute atomic E-state index is 12.5. The highest BCUT2D eigenvalue weighted by atomic mass is 31.1. The van der Waals surface area contributed by atoms with Gasteiger partial charge in [-0.05, 0) is 76.1 Å². The number of aliphatic hydroxyl groups is 1. The zero-order valence-corrected chi connectivity index (χ0v) is 30.9. The Morgan fingerprint density at radius 3 is 2.33 bits per heavy atom. The summed E-state index contributed by atoms with van der Waals surface area (Å²) in [6, 6.07) is 3.69. The predicted molar refractivity (Wildman–Crippen MR) is 193 cm³/mol. The fraction of sp³-hybridized carbons (Fsp3) is 0.618. The number of ether oxygens (including phenoxy) is 1. The van der Waals surface area contributed by atoms with Crippen LogP contribution in [0.3, 0.4) is 0 Å². The molecule has 1 unspecified atom stereocenters. The van der Waals surface area contributed by atoms with Gasteiger partial charge in [-0.15, -0.1) is 0 Å². The number of nitrogen functional groups attached to an aromatic ring is 1. The molecule has 13 nitrogen and oxygen atoms in total. The second kappa shape index (κ2) is 17.6. The van der Waals surface area contributed by atoms with E-state index in [-0.39, 0.29) is 39.2 Å². The van der Waals surface area contributed by atoms with Crippen LogP contribution in [0.25, 0.3) is 11.0 Å². The van der Waals surface area contributed by atoms with Gasteiger partial charge in [0.15, 0.2) is 11.0 Å². The molecule has 1 atom stereocenters. The minimum atomic E-state index is -0.494. The fourth-order valence-electron chi connectivity index (χ4n) is 5.89. The number of fused-ring (bicyclic) bond motifs is 1. The quantitative estimate of drug-likeness (QED) is 0.0439. The van der Waals surface area contributed by atoms with Gasteiger partial charge in [-0.3, -0.25) is 10.1 Å². The Morgan fingerprint density at radius 2 is 1.67 bits per heavy atom. The van der Waals surface area contributed by atoms with Gasteiger partial charge in [-0.2, -0.15) is 0 Å². The third-order valence-electron chi connectivity index (χ3n) is 7.49. The Kier molecular flexibility index (Phi) is 14.9. The minimum absolute atomic E-state index is 0.00551. The van der Waals surface area contributed by atoms with Crippen molar-refractivity contribution < 1.29 is 28.7 Å². The first-order valence-electron chi connectivity index (χ1n) is 16.2. The zero-order chi connectivity index (χ0) is 36.2. The van der Waals surface area contributed by atoms with Gasteiger partial charge in [0.25, 0.3) is 5.70 Å². The summed E-state index contributed by atoms with van der Waals surface area (Å²) in [7, 11) is 0.503. The molecule has 0 spiro atoms. The Hall–Kier alpha value is -3.70. The molecule has 268 valence electrons. The highest BCUT2D eigenvalue weighted by Crippen LogP contribution is 2.38. The van der Waals surface area contributed by atoms with Crippen LogP contribution in [0, 0.1) is 31.8 Å². The number of carbonyl (C=O) groups excluding carboxylic acids is 1. The molecule has 0 radical (unpaired) electrons. The summed E-state index contributed by atoms with van der Waals surface area (Å²) >= 11 is 0. The van der Waals surface area contributed by atoms with Crippen LogP contribution in [0.15, 0.2) is 52.5 Å². The van der Waals surface area contributed by atoms with Crippen molar-refractivity contribution in [1.82, 2.24) is 15.6 Å². The molecule has 0 saturated carbocycles. The van der Waals surface area contributed by atoms with Crippen molar-refractivity contribution >= 4 is 37.3 Å². The predicted octanol–water partition coefficient (Wildman–Crippen LogP) is 8.01. The number of allylic oxidation sites excluding steroid dienone is 4. The van der Waals surface area contributed by atoms with Crippen LogP contribution in [0.1, 0.15) is 81.6 Å². The topological polar surface area (TPSA) is 188 Å². The molecule has 1 amide bonds. The van der Waals surface area contributed by atoms with E-state index < -0.39 is 4.92 Å². The lowest BCUT2D eigenvalue weighted by Gasteiger charge is -2.36. The monoisotopic (exact) mass is 690 g/mol. The molecule has 0 saturated heterocycles. The van der Waals surface area contributed by atoms with Gasteiger partial charge in [0, 0.05) is 47.1 Å². The third kappa shape index (κ3) is 14.6. The lowest BCUT2D eigenvalue weighted by Crippen LogP contribution is -2.39. The van der Waals surface area contributed by atoms with Gasteiger partial charge < -0.3 is 30.7 Å². The first-order chi connectivity index (χ1) is 22.2. The summed E-state index contributed by atoms with van der Waals surface area (Å²) in [5.41, 5.74) is 8.32. The molecule has 1 aromatic carbocycles. The van der Waals surface area contributed by atoms with E-state index in [0.29, 0.717) is 51.6 Å². The molecule has 1 heterocycles. The summed E-state index contributed by atoms with van der Waals surface area (Å²) in [5.74, 6) is 0.137. The number of nitrogens with two attached hydrogens (primary N) is 1. The Morgan fingerprint density at radius 1 is 1.02 bits per heavy atom. The van der Waals surface area contributed by atoms with Gasteiger partial charge in [0.1, 0.15) is 0 Å². The van der Waals surface area contributed by atoms with Crippen molar-refractivity contribution in [3.63, 3.8) is 0 Å².